The molecule has 1 aliphatic heterocycles. The van der Waals surface area contributed by atoms with Gasteiger partial charge in [0.05, 0.1) is 6.04 Å². The molecule has 2 rings (SSSR count). The van der Waals surface area contributed by atoms with Crippen molar-refractivity contribution in [3.8, 4) is 0 Å². The number of hydrogen-bond donors (Lipinski definition) is 2. The molecular weight excluding hydrogens is 214 g/mol. The Morgan fingerprint density at radius 3 is 3.00 bits per heavy atom. The van der Waals surface area contributed by atoms with Gasteiger partial charge in [-0.25, -0.2) is 0 Å². The standard InChI is InChI=1S/C13H19N3O/c1-10(11-4-7-14-8-5-11)16-13(17)9-12-3-2-6-15-12/h4-5,7-8,10,12,15H,2-3,6,9H2,1H3,(H,16,17)/t10-,12?/m0/s1. The van der Waals surface area contributed by atoms with Crippen molar-refractivity contribution in [2.45, 2.75) is 38.3 Å². The Morgan fingerprint density at radius 1 is 1.59 bits per heavy atom. The zero-order valence-corrected chi connectivity index (χ0v) is 10.1. The molecule has 1 saturated heterocycles. The average Bonchev–Trinajstić information content (AvgIpc) is 2.82. The van der Waals surface area contributed by atoms with E-state index in [0.29, 0.717) is 12.5 Å². The van der Waals surface area contributed by atoms with Crippen LogP contribution < -0.4 is 10.6 Å². The molecule has 4 heteroatoms. The van der Waals surface area contributed by atoms with Gasteiger partial charge in [0, 0.05) is 24.9 Å². The lowest BCUT2D eigenvalue weighted by Crippen LogP contribution is -2.33. The van der Waals surface area contributed by atoms with E-state index >= 15 is 0 Å². The summed E-state index contributed by atoms with van der Waals surface area (Å²) in [5.41, 5.74) is 1.09. The Bertz CT molecular complexity index is 360. The van der Waals surface area contributed by atoms with E-state index in [4.69, 9.17) is 0 Å². The number of nitrogens with zero attached hydrogens (tertiary/aromatic N) is 1. The molecule has 4 nitrogen and oxygen atoms in total. The highest BCUT2D eigenvalue weighted by Crippen LogP contribution is 2.12. The molecule has 17 heavy (non-hydrogen) atoms. The van der Waals surface area contributed by atoms with E-state index in [-0.39, 0.29) is 11.9 Å². The van der Waals surface area contributed by atoms with Crippen molar-refractivity contribution in [2.75, 3.05) is 6.54 Å². The summed E-state index contributed by atoms with van der Waals surface area (Å²) in [6.07, 6.45) is 6.36. The van der Waals surface area contributed by atoms with Crippen LogP contribution in [-0.4, -0.2) is 23.5 Å². The summed E-state index contributed by atoms with van der Waals surface area (Å²) in [5.74, 6) is 0.119. The zero-order chi connectivity index (χ0) is 12.1. The second-order valence-corrected chi connectivity index (χ2v) is 4.57. The summed E-state index contributed by atoms with van der Waals surface area (Å²) >= 11 is 0. The van der Waals surface area contributed by atoms with E-state index in [0.717, 1.165) is 18.5 Å². The molecule has 0 bridgehead atoms. The van der Waals surface area contributed by atoms with Crippen molar-refractivity contribution < 1.29 is 4.79 Å². The molecule has 1 aromatic heterocycles. The molecule has 1 aromatic rings. The first-order chi connectivity index (χ1) is 8.25. The first kappa shape index (κ1) is 12.0. The fourth-order valence-corrected chi connectivity index (χ4v) is 2.19. The van der Waals surface area contributed by atoms with Crippen molar-refractivity contribution in [2.24, 2.45) is 0 Å². The van der Waals surface area contributed by atoms with E-state index in [1.54, 1.807) is 12.4 Å². The monoisotopic (exact) mass is 233 g/mol. The largest absolute Gasteiger partial charge is 0.350 e. The van der Waals surface area contributed by atoms with E-state index in [1.165, 1.54) is 6.42 Å². The molecular formula is C13H19N3O. The van der Waals surface area contributed by atoms with Gasteiger partial charge in [-0.05, 0) is 44.0 Å². The lowest BCUT2D eigenvalue weighted by Gasteiger charge is -2.16. The van der Waals surface area contributed by atoms with Crippen LogP contribution in [0.4, 0.5) is 0 Å². The summed E-state index contributed by atoms with van der Waals surface area (Å²) in [7, 11) is 0. The SMILES string of the molecule is C[C@H](NC(=O)CC1CCCN1)c1ccncc1. The fourth-order valence-electron chi connectivity index (χ4n) is 2.19. The molecule has 1 amide bonds. The van der Waals surface area contributed by atoms with Crippen molar-refractivity contribution >= 4 is 5.91 Å². The molecule has 2 N–H and O–H groups in total. The van der Waals surface area contributed by atoms with Crippen molar-refractivity contribution in [1.29, 1.82) is 0 Å². The Labute approximate surface area is 102 Å². The Morgan fingerprint density at radius 2 is 2.35 bits per heavy atom. The molecule has 0 aliphatic carbocycles. The third-order valence-electron chi connectivity index (χ3n) is 3.18. The van der Waals surface area contributed by atoms with E-state index in [2.05, 4.69) is 15.6 Å². The van der Waals surface area contributed by atoms with Crippen molar-refractivity contribution in [3.05, 3.63) is 30.1 Å². The molecule has 92 valence electrons. The normalized spacial score (nSPS) is 21.1. The number of hydrogen-bond acceptors (Lipinski definition) is 3. The van der Waals surface area contributed by atoms with Crippen LogP contribution in [0.1, 0.15) is 37.8 Å². The maximum atomic E-state index is 11.8. The zero-order valence-electron chi connectivity index (χ0n) is 10.1. The van der Waals surface area contributed by atoms with E-state index < -0.39 is 0 Å². The number of amides is 1. The molecule has 0 radical (unpaired) electrons. The summed E-state index contributed by atoms with van der Waals surface area (Å²) in [6.45, 7) is 3.03. The van der Waals surface area contributed by atoms with Gasteiger partial charge < -0.3 is 10.6 Å². The Balaban J connectivity index is 1.81. The third-order valence-corrected chi connectivity index (χ3v) is 3.18. The predicted octanol–water partition coefficient (Wildman–Crippen LogP) is 1.40. The topological polar surface area (TPSA) is 54.0 Å². The summed E-state index contributed by atoms with van der Waals surface area (Å²) in [4.78, 5) is 15.8. The van der Waals surface area contributed by atoms with Gasteiger partial charge in [-0.15, -0.1) is 0 Å². The highest BCUT2D eigenvalue weighted by Gasteiger charge is 2.18. The highest BCUT2D eigenvalue weighted by molar-refractivity contribution is 5.77. The minimum absolute atomic E-state index is 0.0481. The van der Waals surface area contributed by atoms with E-state index in [1.807, 2.05) is 19.1 Å². The van der Waals surface area contributed by atoms with E-state index in [9.17, 15) is 4.79 Å². The molecule has 2 atom stereocenters. The maximum Gasteiger partial charge on any atom is 0.222 e. The maximum absolute atomic E-state index is 11.8. The lowest BCUT2D eigenvalue weighted by molar-refractivity contribution is -0.122. The van der Waals surface area contributed by atoms with Gasteiger partial charge in [0.25, 0.3) is 0 Å². The number of nitrogens with one attached hydrogen (secondary N) is 2. The van der Waals surface area contributed by atoms with Gasteiger partial charge in [-0.2, -0.15) is 0 Å². The Hall–Kier alpha value is -1.42. The molecule has 1 fully saturated rings. The van der Waals surface area contributed by atoms with Crippen LogP contribution in [0.5, 0.6) is 0 Å². The highest BCUT2D eigenvalue weighted by atomic mass is 16.1. The number of carbonyl (C=O) groups excluding carboxylic acids is 1. The van der Waals surface area contributed by atoms with Crippen LogP contribution in [0.3, 0.4) is 0 Å². The minimum atomic E-state index is 0.0481. The molecule has 0 saturated carbocycles. The van der Waals surface area contributed by atoms with Crippen LogP contribution in [0.25, 0.3) is 0 Å². The molecule has 1 aliphatic rings. The molecule has 2 heterocycles. The van der Waals surface area contributed by atoms with Crippen molar-refractivity contribution in [3.63, 3.8) is 0 Å². The third kappa shape index (κ3) is 3.53. The van der Waals surface area contributed by atoms with Crippen LogP contribution >= 0.6 is 0 Å². The van der Waals surface area contributed by atoms with Gasteiger partial charge >= 0.3 is 0 Å². The molecule has 0 spiro atoms. The van der Waals surface area contributed by atoms with Gasteiger partial charge in [-0.3, -0.25) is 9.78 Å². The summed E-state index contributed by atoms with van der Waals surface area (Å²) in [6, 6.07) is 4.27. The summed E-state index contributed by atoms with van der Waals surface area (Å²) in [5, 5.41) is 6.35. The van der Waals surface area contributed by atoms with Gasteiger partial charge in [-0.1, -0.05) is 0 Å². The smallest absolute Gasteiger partial charge is 0.222 e. The second kappa shape index (κ2) is 5.77. The number of rotatable bonds is 4. The molecule has 0 aromatic carbocycles. The average molecular weight is 233 g/mol. The van der Waals surface area contributed by atoms with Crippen LogP contribution in [0.15, 0.2) is 24.5 Å². The van der Waals surface area contributed by atoms with Gasteiger partial charge in [0.1, 0.15) is 0 Å². The second-order valence-electron chi connectivity index (χ2n) is 4.57. The first-order valence-corrected chi connectivity index (χ1v) is 6.18. The predicted molar refractivity (Wildman–Crippen MR) is 66.4 cm³/mol. The fraction of sp³-hybridized carbons (Fsp3) is 0.538. The minimum Gasteiger partial charge on any atom is -0.350 e. The molecule has 1 unspecified atom stereocenters. The van der Waals surface area contributed by atoms with Gasteiger partial charge in [0.15, 0.2) is 0 Å². The quantitative estimate of drug-likeness (QED) is 0.826. The van der Waals surface area contributed by atoms with Gasteiger partial charge in [0.2, 0.25) is 5.91 Å². The first-order valence-electron chi connectivity index (χ1n) is 6.18. The summed E-state index contributed by atoms with van der Waals surface area (Å²) < 4.78 is 0. The number of carbonyl (C=O) groups is 1. The Kier molecular flexibility index (Phi) is 4.09. The number of pyridine rings is 1. The van der Waals surface area contributed by atoms with Crippen LogP contribution in [0, 0.1) is 0 Å². The van der Waals surface area contributed by atoms with Crippen LogP contribution in [-0.2, 0) is 4.79 Å². The lowest BCUT2D eigenvalue weighted by atomic mass is 10.1. The number of aromatic nitrogens is 1. The van der Waals surface area contributed by atoms with Crippen molar-refractivity contribution in [1.82, 2.24) is 15.6 Å². The van der Waals surface area contributed by atoms with Crippen LogP contribution in [0.2, 0.25) is 0 Å².